The van der Waals surface area contributed by atoms with E-state index in [1.165, 1.54) is 13.8 Å². The van der Waals surface area contributed by atoms with Crippen LogP contribution in [0.5, 0.6) is 0 Å². The van der Waals surface area contributed by atoms with E-state index in [-0.39, 0.29) is 19.2 Å². The molecule has 2 N–H and O–H groups in total. The summed E-state index contributed by atoms with van der Waals surface area (Å²) in [5, 5.41) is 7.66. The minimum atomic E-state index is -3.70. The minimum Gasteiger partial charge on any atom is -0.466 e. The summed E-state index contributed by atoms with van der Waals surface area (Å²) < 4.78 is 16.0. The Hall–Kier alpha value is -0.380. The van der Waals surface area contributed by atoms with E-state index in [4.69, 9.17) is 0 Å². The summed E-state index contributed by atoms with van der Waals surface area (Å²) in [6.45, 7) is 4.40. The smallest absolute Gasteiger partial charge is 0.306 e. The SMILES string of the molecule is CCOC(=O)CCP(=O)(O)C(C)(C)O. The van der Waals surface area contributed by atoms with E-state index in [1.54, 1.807) is 6.92 Å². The molecule has 1 unspecified atom stereocenters. The van der Waals surface area contributed by atoms with Crippen LogP contribution in [-0.2, 0) is 14.1 Å². The Labute approximate surface area is 83.5 Å². The van der Waals surface area contributed by atoms with Crippen LogP contribution in [0, 0.1) is 0 Å². The first-order valence-corrected chi connectivity index (χ1v) is 6.25. The molecule has 0 aliphatic rings. The van der Waals surface area contributed by atoms with Gasteiger partial charge in [0.1, 0.15) is 5.34 Å². The fraction of sp³-hybridized carbons (Fsp3) is 0.875. The summed E-state index contributed by atoms with van der Waals surface area (Å²) in [5.74, 6) is -0.522. The molecule has 0 saturated heterocycles. The molecule has 0 aromatic carbocycles. The fourth-order valence-corrected chi connectivity index (χ4v) is 1.78. The van der Waals surface area contributed by atoms with Crippen molar-refractivity contribution in [3.05, 3.63) is 0 Å². The second-order valence-corrected chi connectivity index (χ2v) is 6.42. The van der Waals surface area contributed by atoms with Crippen molar-refractivity contribution in [3.63, 3.8) is 0 Å². The van der Waals surface area contributed by atoms with Crippen LogP contribution in [0.2, 0.25) is 0 Å². The number of rotatable bonds is 5. The van der Waals surface area contributed by atoms with Gasteiger partial charge >= 0.3 is 5.97 Å². The summed E-state index contributed by atoms with van der Waals surface area (Å²) in [6, 6.07) is 0. The molecule has 0 bridgehead atoms. The van der Waals surface area contributed by atoms with E-state index in [0.717, 1.165) is 0 Å². The summed E-state index contributed by atoms with van der Waals surface area (Å²) in [7, 11) is -3.70. The van der Waals surface area contributed by atoms with E-state index < -0.39 is 18.7 Å². The fourth-order valence-electron chi connectivity index (χ4n) is 0.750. The van der Waals surface area contributed by atoms with E-state index in [0.29, 0.717) is 0 Å². The van der Waals surface area contributed by atoms with Crippen LogP contribution in [0.1, 0.15) is 27.2 Å². The first-order chi connectivity index (χ1) is 6.20. The predicted molar refractivity (Wildman–Crippen MR) is 52.2 cm³/mol. The molecule has 1 atom stereocenters. The number of hydrogen-bond donors (Lipinski definition) is 2. The molecule has 0 fully saturated rings. The predicted octanol–water partition coefficient (Wildman–Crippen LogP) is 0.938. The number of carbonyl (C=O) groups excluding carboxylic acids is 1. The van der Waals surface area contributed by atoms with Crippen molar-refractivity contribution >= 4 is 13.3 Å². The molecule has 0 amide bonds. The molecule has 0 aromatic rings. The van der Waals surface area contributed by atoms with Crippen LogP contribution < -0.4 is 0 Å². The molecule has 6 heteroatoms. The van der Waals surface area contributed by atoms with Gasteiger partial charge in [-0.3, -0.25) is 9.36 Å². The highest BCUT2D eigenvalue weighted by atomic mass is 31.2. The zero-order chi connectivity index (χ0) is 11.4. The molecule has 0 aromatic heterocycles. The molecule has 0 heterocycles. The maximum atomic E-state index is 11.4. The first kappa shape index (κ1) is 13.6. The van der Waals surface area contributed by atoms with Gasteiger partial charge in [0, 0.05) is 6.16 Å². The average Bonchev–Trinajstić information content (AvgIpc) is 1.99. The lowest BCUT2D eigenvalue weighted by Crippen LogP contribution is -2.22. The average molecular weight is 224 g/mol. The molecule has 0 rings (SSSR count). The van der Waals surface area contributed by atoms with Crippen molar-refractivity contribution in [1.29, 1.82) is 0 Å². The summed E-state index contributed by atoms with van der Waals surface area (Å²) in [5.41, 5.74) is 0. The highest BCUT2D eigenvalue weighted by molar-refractivity contribution is 7.59. The summed E-state index contributed by atoms with van der Waals surface area (Å²) in [6.07, 6.45) is -0.402. The lowest BCUT2D eigenvalue weighted by atomic mass is 10.5. The highest BCUT2D eigenvalue weighted by Gasteiger charge is 2.36. The Bertz CT molecular complexity index is 243. The molecular formula is C8H17O5P. The van der Waals surface area contributed by atoms with Crippen molar-refractivity contribution < 1.29 is 24.1 Å². The number of ether oxygens (including phenoxy) is 1. The molecule has 0 saturated carbocycles. The highest BCUT2D eigenvalue weighted by Crippen LogP contribution is 2.52. The van der Waals surface area contributed by atoms with Gasteiger partial charge in [-0.2, -0.15) is 0 Å². The summed E-state index contributed by atoms with van der Waals surface area (Å²) >= 11 is 0. The van der Waals surface area contributed by atoms with Gasteiger partial charge in [-0.1, -0.05) is 0 Å². The second kappa shape index (κ2) is 4.91. The maximum Gasteiger partial charge on any atom is 0.306 e. The number of hydrogen-bond acceptors (Lipinski definition) is 4. The monoisotopic (exact) mass is 224 g/mol. The Balaban J connectivity index is 4.14. The largest absolute Gasteiger partial charge is 0.466 e. The van der Waals surface area contributed by atoms with Gasteiger partial charge in [-0.15, -0.1) is 0 Å². The molecule has 0 spiro atoms. The standard InChI is InChI=1S/C8H17O5P/c1-4-13-7(9)5-6-14(11,12)8(2,3)10/h10H,4-6H2,1-3H3,(H,11,12). The van der Waals surface area contributed by atoms with Crippen molar-refractivity contribution in [2.75, 3.05) is 12.8 Å². The van der Waals surface area contributed by atoms with Crippen LogP contribution >= 0.6 is 7.37 Å². The Morgan fingerprint density at radius 2 is 2.00 bits per heavy atom. The summed E-state index contributed by atoms with van der Waals surface area (Å²) in [4.78, 5) is 20.2. The van der Waals surface area contributed by atoms with E-state index in [9.17, 15) is 19.4 Å². The normalized spacial score (nSPS) is 16.1. The molecule has 84 valence electrons. The lowest BCUT2D eigenvalue weighted by molar-refractivity contribution is -0.142. The van der Waals surface area contributed by atoms with Crippen LogP contribution in [0.4, 0.5) is 0 Å². The first-order valence-electron chi connectivity index (χ1n) is 4.40. The number of esters is 1. The van der Waals surface area contributed by atoms with Crippen molar-refractivity contribution in [2.45, 2.75) is 32.5 Å². The zero-order valence-electron chi connectivity index (χ0n) is 8.69. The van der Waals surface area contributed by atoms with Crippen molar-refractivity contribution in [1.82, 2.24) is 0 Å². The third kappa shape index (κ3) is 4.22. The third-order valence-corrected chi connectivity index (χ3v) is 4.32. The molecule has 0 aliphatic carbocycles. The number of carbonyl (C=O) groups is 1. The Kier molecular flexibility index (Phi) is 4.78. The molecule has 5 nitrogen and oxygen atoms in total. The maximum absolute atomic E-state index is 11.4. The molecule has 0 aliphatic heterocycles. The second-order valence-electron chi connectivity index (χ2n) is 3.47. The van der Waals surface area contributed by atoms with Gasteiger partial charge in [0.25, 0.3) is 0 Å². The molecule has 0 radical (unpaired) electrons. The quantitative estimate of drug-likeness (QED) is 0.536. The minimum absolute atomic E-state index is 0.147. The molecule has 14 heavy (non-hydrogen) atoms. The zero-order valence-corrected chi connectivity index (χ0v) is 9.58. The van der Waals surface area contributed by atoms with Gasteiger partial charge in [0.05, 0.1) is 13.0 Å². The van der Waals surface area contributed by atoms with E-state index in [1.807, 2.05) is 0 Å². The lowest BCUT2D eigenvalue weighted by Gasteiger charge is -2.24. The number of aliphatic hydroxyl groups is 1. The van der Waals surface area contributed by atoms with Crippen LogP contribution in [0.3, 0.4) is 0 Å². The van der Waals surface area contributed by atoms with Gasteiger partial charge < -0.3 is 14.7 Å². The molecular weight excluding hydrogens is 207 g/mol. The van der Waals surface area contributed by atoms with Gasteiger partial charge in [0.2, 0.25) is 7.37 Å². The van der Waals surface area contributed by atoms with Crippen molar-refractivity contribution in [2.24, 2.45) is 0 Å². The van der Waals surface area contributed by atoms with E-state index >= 15 is 0 Å². The Morgan fingerprint density at radius 3 is 2.36 bits per heavy atom. The van der Waals surface area contributed by atoms with Crippen LogP contribution in [0.15, 0.2) is 0 Å². The third-order valence-electron chi connectivity index (χ3n) is 1.78. The van der Waals surface area contributed by atoms with Crippen LogP contribution in [-0.4, -0.2) is 34.1 Å². The van der Waals surface area contributed by atoms with Gasteiger partial charge in [-0.25, -0.2) is 0 Å². The van der Waals surface area contributed by atoms with Crippen molar-refractivity contribution in [3.8, 4) is 0 Å². The Morgan fingerprint density at radius 1 is 1.50 bits per heavy atom. The van der Waals surface area contributed by atoms with Gasteiger partial charge in [-0.05, 0) is 20.8 Å². The topological polar surface area (TPSA) is 83.8 Å². The van der Waals surface area contributed by atoms with Crippen LogP contribution in [0.25, 0.3) is 0 Å². The van der Waals surface area contributed by atoms with Gasteiger partial charge in [0.15, 0.2) is 0 Å². The van der Waals surface area contributed by atoms with E-state index in [2.05, 4.69) is 4.74 Å².